The van der Waals surface area contributed by atoms with Crippen molar-refractivity contribution < 1.29 is 0 Å². The molecule has 0 aliphatic heterocycles. The van der Waals surface area contributed by atoms with Crippen molar-refractivity contribution in [2.75, 3.05) is 12.3 Å². The molecule has 1 N–H and O–H groups in total. The maximum absolute atomic E-state index is 4.64. The van der Waals surface area contributed by atoms with Crippen molar-refractivity contribution in [3.63, 3.8) is 0 Å². The Kier molecular flexibility index (Phi) is 4.91. The summed E-state index contributed by atoms with van der Waals surface area (Å²) in [4.78, 5) is 4.64. The second-order valence-electron chi connectivity index (χ2n) is 6.28. The Morgan fingerprint density at radius 3 is 2.95 bits per heavy atom. The molecule has 0 aromatic carbocycles. The predicted octanol–water partition coefficient (Wildman–Crippen LogP) is 3.62. The number of aryl methyl sites for hydroxylation is 1. The molecule has 0 saturated carbocycles. The molecule has 0 radical (unpaired) electrons. The fourth-order valence-electron chi connectivity index (χ4n) is 2.75. The van der Waals surface area contributed by atoms with Gasteiger partial charge in [0.25, 0.3) is 0 Å². The summed E-state index contributed by atoms with van der Waals surface area (Å²) in [5.74, 6) is 1.75. The van der Waals surface area contributed by atoms with Crippen molar-refractivity contribution in [2.24, 2.45) is 0 Å². The van der Waals surface area contributed by atoms with Gasteiger partial charge in [-0.05, 0) is 31.0 Å². The third-order valence-corrected chi connectivity index (χ3v) is 5.04. The van der Waals surface area contributed by atoms with E-state index in [-0.39, 0.29) is 0 Å². The molecule has 1 heterocycles. The van der Waals surface area contributed by atoms with Gasteiger partial charge in [0.15, 0.2) is 0 Å². The zero-order valence-corrected chi connectivity index (χ0v) is 13.4. The van der Waals surface area contributed by atoms with Gasteiger partial charge in [-0.1, -0.05) is 33.8 Å². The molecule has 1 aliphatic carbocycles. The monoisotopic (exact) mass is 278 g/mol. The summed E-state index contributed by atoms with van der Waals surface area (Å²) in [6.07, 6.45) is 4.38. The first-order valence-corrected chi connectivity index (χ1v) is 8.31. The van der Waals surface area contributed by atoms with Gasteiger partial charge in [-0.15, -0.1) is 0 Å². The predicted molar refractivity (Wildman–Crippen MR) is 85.0 cm³/mol. The molecule has 0 bridgehead atoms. The third-order valence-electron chi connectivity index (χ3n) is 3.65. The highest BCUT2D eigenvalue weighted by atomic mass is 32.2. The quantitative estimate of drug-likeness (QED) is 0.890. The number of hydrogen-bond acceptors (Lipinski definition) is 3. The molecule has 2 rings (SSSR count). The van der Waals surface area contributed by atoms with E-state index in [1.54, 1.807) is 0 Å². The van der Waals surface area contributed by atoms with Gasteiger partial charge in [0.1, 0.15) is 0 Å². The summed E-state index contributed by atoms with van der Waals surface area (Å²) < 4.78 is 0.333. The number of pyridine rings is 1. The van der Waals surface area contributed by atoms with Crippen LogP contribution in [-0.4, -0.2) is 28.1 Å². The molecular weight excluding hydrogens is 252 g/mol. The minimum atomic E-state index is 0.333. The van der Waals surface area contributed by atoms with Crippen LogP contribution in [0.15, 0.2) is 18.3 Å². The normalized spacial score (nSPS) is 20.3. The lowest BCUT2D eigenvalue weighted by Gasteiger charge is -2.28. The smallest absolute Gasteiger partial charge is 0.0482 e. The van der Waals surface area contributed by atoms with Crippen LogP contribution in [0, 0.1) is 0 Å². The van der Waals surface area contributed by atoms with Crippen LogP contribution >= 0.6 is 11.8 Å². The summed E-state index contributed by atoms with van der Waals surface area (Å²) in [5.41, 5.74) is 2.79. The van der Waals surface area contributed by atoms with Gasteiger partial charge < -0.3 is 5.32 Å². The standard InChI is InChI=1S/C16H26N2S/c1-5-17-14(11-19-16(2,3)4)13-9-8-12-7-6-10-18-15(12)13/h6-7,10,13-14,17H,5,8-9,11H2,1-4H3. The molecule has 0 amide bonds. The van der Waals surface area contributed by atoms with E-state index in [4.69, 9.17) is 0 Å². The summed E-state index contributed by atoms with van der Waals surface area (Å²) >= 11 is 2.05. The number of likely N-dealkylation sites (N-methyl/N-ethyl adjacent to an activating group) is 1. The summed E-state index contributed by atoms with van der Waals surface area (Å²) in [6, 6.07) is 4.85. The molecule has 3 heteroatoms. The van der Waals surface area contributed by atoms with Crippen LogP contribution in [0.25, 0.3) is 0 Å². The highest BCUT2D eigenvalue weighted by molar-refractivity contribution is 8.00. The van der Waals surface area contributed by atoms with E-state index in [1.807, 2.05) is 6.20 Å². The molecule has 0 saturated heterocycles. The van der Waals surface area contributed by atoms with E-state index in [0.29, 0.717) is 16.7 Å². The first kappa shape index (κ1) is 14.9. The number of nitrogens with one attached hydrogen (secondary N) is 1. The Bertz CT molecular complexity index is 411. The number of hydrogen-bond donors (Lipinski definition) is 1. The Morgan fingerprint density at radius 1 is 1.47 bits per heavy atom. The molecular formula is C16H26N2S. The van der Waals surface area contributed by atoms with Crippen molar-refractivity contribution in [3.05, 3.63) is 29.6 Å². The van der Waals surface area contributed by atoms with Crippen molar-refractivity contribution in [3.8, 4) is 0 Å². The Morgan fingerprint density at radius 2 is 2.26 bits per heavy atom. The Balaban J connectivity index is 2.08. The van der Waals surface area contributed by atoms with E-state index in [0.717, 1.165) is 12.3 Å². The van der Waals surface area contributed by atoms with Gasteiger partial charge in [0.2, 0.25) is 0 Å². The lowest BCUT2D eigenvalue weighted by atomic mass is 9.98. The van der Waals surface area contributed by atoms with E-state index in [9.17, 15) is 0 Å². The average molecular weight is 278 g/mol. The van der Waals surface area contributed by atoms with Crippen LogP contribution < -0.4 is 5.32 Å². The van der Waals surface area contributed by atoms with Gasteiger partial charge in [0.05, 0.1) is 0 Å². The van der Waals surface area contributed by atoms with Crippen LogP contribution in [0.1, 0.15) is 51.3 Å². The fourth-order valence-corrected chi connectivity index (χ4v) is 3.78. The number of rotatable bonds is 5. The number of aromatic nitrogens is 1. The molecule has 2 atom stereocenters. The van der Waals surface area contributed by atoms with Gasteiger partial charge >= 0.3 is 0 Å². The fraction of sp³-hybridized carbons (Fsp3) is 0.688. The lowest BCUT2D eigenvalue weighted by Crippen LogP contribution is -2.37. The third kappa shape index (κ3) is 3.96. The maximum Gasteiger partial charge on any atom is 0.0482 e. The summed E-state index contributed by atoms with van der Waals surface area (Å²) in [5, 5.41) is 3.68. The van der Waals surface area contributed by atoms with Gasteiger partial charge in [-0.2, -0.15) is 11.8 Å². The van der Waals surface area contributed by atoms with Crippen LogP contribution in [0.5, 0.6) is 0 Å². The van der Waals surface area contributed by atoms with E-state index >= 15 is 0 Å². The molecule has 2 nitrogen and oxygen atoms in total. The zero-order valence-electron chi connectivity index (χ0n) is 12.6. The Hall–Kier alpha value is -0.540. The molecule has 106 valence electrons. The molecule has 19 heavy (non-hydrogen) atoms. The summed E-state index contributed by atoms with van der Waals surface area (Å²) in [7, 11) is 0. The van der Waals surface area contributed by atoms with Gasteiger partial charge in [-0.3, -0.25) is 4.98 Å². The Labute approximate surface area is 121 Å². The van der Waals surface area contributed by atoms with Gasteiger partial charge in [-0.25, -0.2) is 0 Å². The van der Waals surface area contributed by atoms with E-state index in [2.05, 4.69) is 61.9 Å². The number of thioether (sulfide) groups is 1. The van der Waals surface area contributed by atoms with Crippen LogP contribution in [0.3, 0.4) is 0 Å². The number of nitrogens with zero attached hydrogens (tertiary/aromatic N) is 1. The van der Waals surface area contributed by atoms with Crippen molar-refractivity contribution >= 4 is 11.8 Å². The van der Waals surface area contributed by atoms with Crippen LogP contribution in [0.4, 0.5) is 0 Å². The summed E-state index contributed by atoms with van der Waals surface area (Å²) in [6.45, 7) is 10.1. The molecule has 1 aliphatic rings. The van der Waals surface area contributed by atoms with E-state index in [1.165, 1.54) is 24.1 Å². The second kappa shape index (κ2) is 6.27. The first-order chi connectivity index (χ1) is 9.01. The molecule has 1 aromatic heterocycles. The highest BCUT2D eigenvalue weighted by Crippen LogP contribution is 2.36. The first-order valence-electron chi connectivity index (χ1n) is 7.32. The minimum absolute atomic E-state index is 0.333. The second-order valence-corrected chi connectivity index (χ2v) is 8.13. The van der Waals surface area contributed by atoms with Crippen LogP contribution in [-0.2, 0) is 6.42 Å². The molecule has 2 unspecified atom stereocenters. The SMILES string of the molecule is CCNC(CSC(C)(C)C)C1CCc2cccnc21. The molecule has 0 fully saturated rings. The average Bonchev–Trinajstić information content (AvgIpc) is 2.77. The molecule has 0 spiro atoms. The maximum atomic E-state index is 4.64. The van der Waals surface area contributed by atoms with Crippen molar-refractivity contribution in [2.45, 2.75) is 57.2 Å². The lowest BCUT2D eigenvalue weighted by molar-refractivity contribution is 0.467. The largest absolute Gasteiger partial charge is 0.313 e. The zero-order chi connectivity index (χ0) is 13.9. The van der Waals surface area contributed by atoms with E-state index < -0.39 is 0 Å². The van der Waals surface area contributed by atoms with Crippen molar-refractivity contribution in [1.82, 2.24) is 10.3 Å². The number of fused-ring (bicyclic) bond motifs is 1. The van der Waals surface area contributed by atoms with Gasteiger partial charge in [0, 0.05) is 34.4 Å². The van der Waals surface area contributed by atoms with Crippen LogP contribution in [0.2, 0.25) is 0 Å². The molecule has 1 aromatic rings. The van der Waals surface area contributed by atoms with Crippen molar-refractivity contribution in [1.29, 1.82) is 0 Å². The minimum Gasteiger partial charge on any atom is -0.313 e. The highest BCUT2D eigenvalue weighted by Gasteiger charge is 2.31. The topological polar surface area (TPSA) is 24.9 Å².